The SMILES string of the molecule is CC(C)CC(NC(=O)C(CC(C)C)NC(=O)C(CC(=O)O)NC(=O)C(N)CC(=O)O)C(=O)O. The first-order valence-corrected chi connectivity index (χ1v) is 10.5. The van der Waals surface area contributed by atoms with Crippen LogP contribution >= 0.6 is 0 Å². The van der Waals surface area contributed by atoms with Crippen LogP contribution in [0.25, 0.3) is 0 Å². The monoisotopic (exact) mass is 474 g/mol. The number of carboxylic acids is 3. The maximum Gasteiger partial charge on any atom is 0.326 e. The molecule has 0 heterocycles. The van der Waals surface area contributed by atoms with Gasteiger partial charge in [-0.15, -0.1) is 0 Å². The average Bonchev–Trinajstić information content (AvgIpc) is 2.64. The lowest BCUT2D eigenvalue weighted by atomic mass is 10.00. The van der Waals surface area contributed by atoms with E-state index in [0.717, 1.165) is 0 Å². The van der Waals surface area contributed by atoms with Crippen molar-refractivity contribution in [2.45, 2.75) is 77.5 Å². The van der Waals surface area contributed by atoms with Gasteiger partial charge in [0.1, 0.15) is 18.1 Å². The third kappa shape index (κ3) is 12.4. The molecule has 0 aromatic carbocycles. The Morgan fingerprint density at radius 2 is 1.03 bits per heavy atom. The summed E-state index contributed by atoms with van der Waals surface area (Å²) in [7, 11) is 0. The molecular formula is C20H34N4O9. The van der Waals surface area contributed by atoms with Gasteiger partial charge in [0.05, 0.1) is 18.9 Å². The average molecular weight is 475 g/mol. The van der Waals surface area contributed by atoms with Gasteiger partial charge in [0, 0.05) is 0 Å². The molecule has 0 fully saturated rings. The predicted octanol–water partition coefficient (Wildman–Crippen LogP) is -1.11. The van der Waals surface area contributed by atoms with E-state index in [1.54, 1.807) is 27.7 Å². The molecule has 0 aromatic heterocycles. The fourth-order valence-electron chi connectivity index (χ4n) is 2.88. The topological polar surface area (TPSA) is 225 Å². The Balaban J connectivity index is 5.54. The Morgan fingerprint density at radius 1 is 0.636 bits per heavy atom. The first-order valence-electron chi connectivity index (χ1n) is 10.5. The molecule has 4 atom stereocenters. The molecule has 0 radical (unpaired) electrons. The Hall–Kier alpha value is -3.22. The zero-order valence-corrected chi connectivity index (χ0v) is 19.2. The molecule has 0 saturated carbocycles. The summed E-state index contributed by atoms with van der Waals surface area (Å²) in [6, 6.07) is -5.54. The highest BCUT2D eigenvalue weighted by Gasteiger charge is 2.32. The highest BCUT2D eigenvalue weighted by Crippen LogP contribution is 2.09. The first-order chi connectivity index (χ1) is 15.1. The lowest BCUT2D eigenvalue weighted by Gasteiger charge is -2.26. The minimum atomic E-state index is -1.64. The normalized spacial score (nSPS) is 14.6. The number of hydrogen-bond donors (Lipinski definition) is 7. The van der Waals surface area contributed by atoms with Crippen molar-refractivity contribution in [3.63, 3.8) is 0 Å². The summed E-state index contributed by atoms with van der Waals surface area (Å²) < 4.78 is 0. The minimum absolute atomic E-state index is 0.0327. The number of carbonyl (C=O) groups is 6. The van der Waals surface area contributed by atoms with Crippen molar-refractivity contribution < 1.29 is 44.1 Å². The van der Waals surface area contributed by atoms with Crippen LogP contribution in [0.1, 0.15) is 53.4 Å². The van der Waals surface area contributed by atoms with E-state index in [-0.39, 0.29) is 24.7 Å². The Bertz CT molecular complexity index is 739. The molecule has 13 heteroatoms. The van der Waals surface area contributed by atoms with Gasteiger partial charge in [-0.3, -0.25) is 24.0 Å². The molecule has 3 amide bonds. The van der Waals surface area contributed by atoms with E-state index in [9.17, 15) is 33.9 Å². The number of rotatable bonds is 15. The Labute approximate surface area is 191 Å². The number of nitrogens with one attached hydrogen (secondary N) is 3. The van der Waals surface area contributed by atoms with E-state index in [0.29, 0.717) is 0 Å². The van der Waals surface area contributed by atoms with Crippen molar-refractivity contribution in [3.05, 3.63) is 0 Å². The molecule has 0 aliphatic carbocycles. The van der Waals surface area contributed by atoms with Crippen LogP contribution in [0.3, 0.4) is 0 Å². The van der Waals surface area contributed by atoms with Gasteiger partial charge < -0.3 is 37.0 Å². The van der Waals surface area contributed by atoms with Gasteiger partial charge in [-0.1, -0.05) is 27.7 Å². The van der Waals surface area contributed by atoms with Crippen LogP contribution in [0.5, 0.6) is 0 Å². The second kappa shape index (κ2) is 14.0. The molecule has 188 valence electrons. The van der Waals surface area contributed by atoms with Crippen molar-refractivity contribution in [1.82, 2.24) is 16.0 Å². The predicted molar refractivity (Wildman–Crippen MR) is 115 cm³/mol. The molecule has 0 aliphatic heterocycles. The third-order valence-corrected chi connectivity index (χ3v) is 4.40. The molecule has 4 unspecified atom stereocenters. The number of carboxylic acid groups (broad SMARTS) is 3. The third-order valence-electron chi connectivity index (χ3n) is 4.40. The molecular weight excluding hydrogens is 440 g/mol. The molecule has 0 aliphatic rings. The minimum Gasteiger partial charge on any atom is -0.481 e. The lowest BCUT2D eigenvalue weighted by Crippen LogP contribution is -2.57. The van der Waals surface area contributed by atoms with Crippen LogP contribution in [0.15, 0.2) is 0 Å². The number of aliphatic carboxylic acids is 3. The van der Waals surface area contributed by atoms with Gasteiger partial charge in [0.2, 0.25) is 17.7 Å². The van der Waals surface area contributed by atoms with Gasteiger partial charge in [-0.05, 0) is 24.7 Å². The number of carbonyl (C=O) groups excluding carboxylic acids is 3. The van der Waals surface area contributed by atoms with Gasteiger partial charge in [-0.2, -0.15) is 0 Å². The van der Waals surface area contributed by atoms with Gasteiger partial charge in [-0.25, -0.2) is 4.79 Å². The highest BCUT2D eigenvalue weighted by molar-refractivity contribution is 5.96. The summed E-state index contributed by atoms with van der Waals surface area (Å²) in [5.41, 5.74) is 5.44. The molecule has 8 N–H and O–H groups in total. The fourth-order valence-corrected chi connectivity index (χ4v) is 2.88. The van der Waals surface area contributed by atoms with Crippen LogP contribution in [0.2, 0.25) is 0 Å². The number of hydrogen-bond acceptors (Lipinski definition) is 7. The summed E-state index contributed by atoms with van der Waals surface area (Å²) in [4.78, 5) is 70.9. The van der Waals surface area contributed by atoms with Crippen molar-refractivity contribution in [2.75, 3.05) is 0 Å². The highest BCUT2D eigenvalue weighted by atomic mass is 16.4. The van der Waals surface area contributed by atoms with Crippen LogP contribution in [0.4, 0.5) is 0 Å². The Kier molecular flexibility index (Phi) is 12.7. The molecule has 0 aromatic rings. The van der Waals surface area contributed by atoms with E-state index in [4.69, 9.17) is 15.9 Å². The number of nitrogens with two attached hydrogens (primary N) is 1. The molecule has 0 bridgehead atoms. The van der Waals surface area contributed by atoms with Crippen molar-refractivity contribution >= 4 is 35.6 Å². The van der Waals surface area contributed by atoms with Crippen LogP contribution in [-0.2, 0) is 28.8 Å². The van der Waals surface area contributed by atoms with Gasteiger partial charge in [0.25, 0.3) is 0 Å². The zero-order valence-electron chi connectivity index (χ0n) is 19.2. The summed E-state index contributed by atoms with van der Waals surface area (Å²) in [5, 5.41) is 34.0. The standard InChI is InChI=1S/C20H34N4O9/c1-9(2)5-12(18(30)24-14(20(32)33)6-10(3)4)23-19(31)13(8-16(27)28)22-17(29)11(21)7-15(25)26/h9-14H,5-8,21H2,1-4H3,(H,22,29)(H,23,31)(H,24,30)(H,25,26)(H,27,28)(H,32,33). The quantitative estimate of drug-likeness (QED) is 0.151. The molecule has 0 spiro atoms. The summed E-state index contributed by atoms with van der Waals surface area (Å²) in [6.45, 7) is 7.08. The number of amides is 3. The van der Waals surface area contributed by atoms with E-state index in [1.165, 1.54) is 0 Å². The largest absolute Gasteiger partial charge is 0.481 e. The zero-order chi connectivity index (χ0) is 25.9. The first kappa shape index (κ1) is 29.8. The van der Waals surface area contributed by atoms with E-state index in [1.807, 2.05) is 0 Å². The molecule has 0 saturated heterocycles. The molecule has 0 rings (SSSR count). The maximum absolute atomic E-state index is 12.7. The smallest absolute Gasteiger partial charge is 0.326 e. The van der Waals surface area contributed by atoms with E-state index in [2.05, 4.69) is 16.0 Å². The van der Waals surface area contributed by atoms with Crippen LogP contribution in [0, 0.1) is 11.8 Å². The van der Waals surface area contributed by atoms with E-state index >= 15 is 0 Å². The summed E-state index contributed by atoms with van der Waals surface area (Å²) in [6.07, 6.45) is -1.32. The second-order valence-electron chi connectivity index (χ2n) is 8.58. The fraction of sp³-hybridized carbons (Fsp3) is 0.700. The molecule has 33 heavy (non-hydrogen) atoms. The van der Waals surface area contributed by atoms with E-state index < -0.39 is 72.6 Å². The van der Waals surface area contributed by atoms with Gasteiger partial charge in [0.15, 0.2) is 0 Å². The summed E-state index contributed by atoms with van der Waals surface area (Å²) in [5.74, 6) is -7.00. The van der Waals surface area contributed by atoms with Crippen molar-refractivity contribution in [1.29, 1.82) is 0 Å². The van der Waals surface area contributed by atoms with Crippen LogP contribution in [-0.4, -0.2) is 75.1 Å². The Morgan fingerprint density at radius 3 is 1.45 bits per heavy atom. The van der Waals surface area contributed by atoms with Gasteiger partial charge >= 0.3 is 17.9 Å². The lowest BCUT2D eigenvalue weighted by molar-refractivity contribution is -0.144. The van der Waals surface area contributed by atoms with Crippen molar-refractivity contribution in [3.8, 4) is 0 Å². The van der Waals surface area contributed by atoms with Crippen molar-refractivity contribution in [2.24, 2.45) is 17.6 Å². The summed E-state index contributed by atoms with van der Waals surface area (Å²) >= 11 is 0. The van der Waals surface area contributed by atoms with Crippen LogP contribution < -0.4 is 21.7 Å². The maximum atomic E-state index is 12.7. The second-order valence-corrected chi connectivity index (χ2v) is 8.58. The molecule has 13 nitrogen and oxygen atoms in total.